The van der Waals surface area contributed by atoms with Crippen LogP contribution in [0.4, 0.5) is 0 Å². The molecule has 0 fully saturated rings. The van der Waals surface area contributed by atoms with Gasteiger partial charge in [0.25, 0.3) is 5.91 Å². The summed E-state index contributed by atoms with van der Waals surface area (Å²) in [5.74, 6) is -0.439. The Bertz CT molecular complexity index is 378. The van der Waals surface area contributed by atoms with E-state index < -0.39 is 0 Å². The summed E-state index contributed by atoms with van der Waals surface area (Å²) in [7, 11) is 0. The average Bonchev–Trinajstić information content (AvgIpc) is 2.65. The summed E-state index contributed by atoms with van der Waals surface area (Å²) in [5, 5.41) is 4.46. The molecule has 1 rings (SSSR count). The van der Waals surface area contributed by atoms with Crippen molar-refractivity contribution < 1.29 is 14.3 Å². The van der Waals surface area contributed by atoms with E-state index in [1.54, 1.807) is 12.3 Å². The first-order valence-corrected chi connectivity index (χ1v) is 6.77. The smallest absolute Gasteiger partial charge is 0.307 e. The van der Waals surface area contributed by atoms with E-state index >= 15 is 0 Å². The molecule has 0 atom stereocenters. The second-order valence-electron chi connectivity index (χ2n) is 2.95. The van der Waals surface area contributed by atoms with Gasteiger partial charge >= 0.3 is 5.97 Å². The highest BCUT2D eigenvalue weighted by Crippen LogP contribution is 2.16. The van der Waals surface area contributed by atoms with E-state index in [1.807, 2.05) is 6.07 Å². The fourth-order valence-corrected chi connectivity index (χ4v) is 2.37. The Kier molecular flexibility index (Phi) is 5.75. The summed E-state index contributed by atoms with van der Waals surface area (Å²) in [5.41, 5.74) is 0.637. The zero-order valence-corrected chi connectivity index (χ0v) is 11.8. The lowest BCUT2D eigenvalue weighted by Gasteiger charge is -2.03. The minimum absolute atomic E-state index is 0.150. The highest BCUT2D eigenvalue weighted by Gasteiger charge is 2.08. The van der Waals surface area contributed by atoms with Crippen molar-refractivity contribution >= 4 is 45.8 Å². The Balaban J connectivity index is 2.28. The number of thiophene rings is 1. The number of rotatable bonds is 5. The molecule has 6 heteroatoms. The van der Waals surface area contributed by atoms with Gasteiger partial charge in [0.1, 0.15) is 0 Å². The third kappa shape index (κ3) is 4.48. The fraction of sp³-hybridized carbons (Fsp3) is 0.400. The van der Waals surface area contributed by atoms with E-state index in [-0.39, 0.29) is 18.3 Å². The lowest BCUT2D eigenvalue weighted by Crippen LogP contribution is -2.26. The largest absolute Gasteiger partial charge is 0.466 e. The van der Waals surface area contributed by atoms with Crippen molar-refractivity contribution in [2.24, 2.45) is 0 Å². The third-order valence-corrected chi connectivity index (χ3v) is 3.54. The van der Waals surface area contributed by atoms with Gasteiger partial charge in [-0.05, 0) is 35.6 Å². The van der Waals surface area contributed by atoms with Crippen molar-refractivity contribution in [1.82, 2.24) is 5.32 Å². The third-order valence-electron chi connectivity index (χ3n) is 1.75. The minimum Gasteiger partial charge on any atom is -0.466 e. The van der Waals surface area contributed by atoms with Crippen molar-refractivity contribution in [3.05, 3.63) is 19.9 Å². The highest BCUT2D eigenvalue weighted by molar-refractivity contribution is 14.1. The van der Waals surface area contributed by atoms with Crippen LogP contribution in [-0.2, 0) is 9.53 Å². The summed E-state index contributed by atoms with van der Waals surface area (Å²) in [6.45, 7) is 2.43. The summed E-state index contributed by atoms with van der Waals surface area (Å²) in [6, 6.07) is 1.81. The Hall–Kier alpha value is -0.630. The minimum atomic E-state index is -0.289. The molecule has 0 aliphatic rings. The number of nitrogens with one attached hydrogen (secondary N) is 1. The molecule has 0 unspecified atom stereocenters. The zero-order valence-electron chi connectivity index (χ0n) is 8.79. The molecule has 16 heavy (non-hydrogen) atoms. The van der Waals surface area contributed by atoms with Crippen LogP contribution in [0.2, 0.25) is 0 Å². The van der Waals surface area contributed by atoms with Crippen molar-refractivity contribution in [2.45, 2.75) is 13.3 Å². The van der Waals surface area contributed by atoms with Crippen LogP contribution in [0, 0.1) is 2.88 Å². The number of ether oxygens (including phenoxy) is 1. The molecule has 1 amide bonds. The summed E-state index contributed by atoms with van der Waals surface area (Å²) < 4.78 is 5.81. The summed E-state index contributed by atoms with van der Waals surface area (Å²) in [6.07, 6.45) is 0.209. The van der Waals surface area contributed by atoms with Crippen molar-refractivity contribution in [1.29, 1.82) is 0 Å². The first-order valence-electron chi connectivity index (χ1n) is 4.81. The van der Waals surface area contributed by atoms with Crippen molar-refractivity contribution in [3.8, 4) is 0 Å². The van der Waals surface area contributed by atoms with Gasteiger partial charge in [0.2, 0.25) is 0 Å². The van der Waals surface area contributed by atoms with Gasteiger partial charge in [0, 0.05) is 11.9 Å². The maximum absolute atomic E-state index is 11.5. The summed E-state index contributed by atoms with van der Waals surface area (Å²) >= 11 is 3.67. The normalized spacial score (nSPS) is 9.88. The predicted molar refractivity (Wildman–Crippen MR) is 70.6 cm³/mol. The molecule has 0 aliphatic heterocycles. The van der Waals surface area contributed by atoms with Gasteiger partial charge in [-0.2, -0.15) is 0 Å². The molecule has 0 aromatic carbocycles. The number of carbonyl (C=O) groups excluding carboxylic acids is 2. The van der Waals surface area contributed by atoms with Crippen LogP contribution in [0.3, 0.4) is 0 Å². The van der Waals surface area contributed by atoms with E-state index in [9.17, 15) is 9.59 Å². The number of amides is 1. The lowest BCUT2D eigenvalue weighted by molar-refractivity contribution is -0.142. The molecule has 0 aliphatic carbocycles. The molecule has 1 aromatic rings. The molecule has 0 radical (unpaired) electrons. The molecule has 88 valence electrons. The van der Waals surface area contributed by atoms with Crippen molar-refractivity contribution in [3.63, 3.8) is 0 Å². The molecular formula is C10H12INO3S. The topological polar surface area (TPSA) is 55.4 Å². The van der Waals surface area contributed by atoms with Crippen LogP contribution in [0.25, 0.3) is 0 Å². The number of esters is 1. The van der Waals surface area contributed by atoms with Crippen molar-refractivity contribution in [2.75, 3.05) is 13.2 Å². The van der Waals surface area contributed by atoms with E-state index in [1.165, 1.54) is 11.3 Å². The number of hydrogen-bond acceptors (Lipinski definition) is 4. The second kappa shape index (κ2) is 6.85. The van der Waals surface area contributed by atoms with Crippen LogP contribution in [0.5, 0.6) is 0 Å². The number of hydrogen-bond donors (Lipinski definition) is 1. The van der Waals surface area contributed by atoms with Gasteiger partial charge in [-0.15, -0.1) is 11.3 Å². The standard InChI is InChI=1S/C10H12INO3S/c1-2-15-9(13)3-4-12-10(14)7-5-8(11)16-6-7/h5-6H,2-4H2,1H3,(H,12,14). The Morgan fingerprint density at radius 2 is 2.31 bits per heavy atom. The molecule has 1 N–H and O–H groups in total. The highest BCUT2D eigenvalue weighted by atomic mass is 127. The quantitative estimate of drug-likeness (QED) is 0.651. The molecule has 0 saturated heterocycles. The first-order chi connectivity index (χ1) is 7.63. The predicted octanol–water partition coefficient (Wildman–Crippen LogP) is 2.04. The van der Waals surface area contributed by atoms with E-state index in [0.717, 1.165) is 2.88 Å². The molecule has 0 bridgehead atoms. The molecule has 1 heterocycles. The van der Waals surface area contributed by atoms with Gasteiger partial charge in [0.15, 0.2) is 0 Å². The molecule has 4 nitrogen and oxygen atoms in total. The molecular weight excluding hydrogens is 341 g/mol. The van der Waals surface area contributed by atoms with Gasteiger partial charge in [-0.3, -0.25) is 9.59 Å². The van der Waals surface area contributed by atoms with E-state index in [0.29, 0.717) is 18.7 Å². The van der Waals surface area contributed by atoms with Gasteiger partial charge in [-0.1, -0.05) is 0 Å². The second-order valence-corrected chi connectivity index (χ2v) is 5.76. The Morgan fingerprint density at radius 3 is 2.88 bits per heavy atom. The number of halogens is 1. The van der Waals surface area contributed by atoms with Crippen LogP contribution < -0.4 is 5.32 Å². The van der Waals surface area contributed by atoms with Gasteiger partial charge < -0.3 is 10.1 Å². The SMILES string of the molecule is CCOC(=O)CCNC(=O)c1csc(I)c1. The Morgan fingerprint density at radius 1 is 1.56 bits per heavy atom. The maximum Gasteiger partial charge on any atom is 0.307 e. The van der Waals surface area contributed by atoms with Crippen LogP contribution >= 0.6 is 33.9 Å². The first kappa shape index (κ1) is 13.4. The maximum atomic E-state index is 11.5. The average molecular weight is 353 g/mol. The van der Waals surface area contributed by atoms with Crippen LogP contribution in [0.1, 0.15) is 23.7 Å². The monoisotopic (exact) mass is 353 g/mol. The van der Waals surface area contributed by atoms with E-state index in [2.05, 4.69) is 27.9 Å². The van der Waals surface area contributed by atoms with Gasteiger partial charge in [0.05, 0.1) is 21.5 Å². The molecule has 0 spiro atoms. The fourth-order valence-electron chi connectivity index (χ4n) is 1.04. The zero-order chi connectivity index (χ0) is 12.0. The molecule has 0 saturated carbocycles. The lowest BCUT2D eigenvalue weighted by atomic mass is 10.3. The summed E-state index contributed by atoms with van der Waals surface area (Å²) in [4.78, 5) is 22.5. The van der Waals surface area contributed by atoms with Crippen LogP contribution in [0.15, 0.2) is 11.4 Å². The van der Waals surface area contributed by atoms with E-state index in [4.69, 9.17) is 4.74 Å². The van der Waals surface area contributed by atoms with Gasteiger partial charge in [-0.25, -0.2) is 0 Å². The Labute approximate surface area is 112 Å². The van der Waals surface area contributed by atoms with Crippen LogP contribution in [-0.4, -0.2) is 25.0 Å². The molecule has 1 aromatic heterocycles. The number of carbonyl (C=O) groups is 2.